The first-order valence-electron chi connectivity index (χ1n) is 25.5. The molecule has 0 amide bonds. The number of fused-ring (bicyclic) bond motifs is 2. The van der Waals surface area contributed by atoms with Crippen molar-refractivity contribution in [1.82, 2.24) is 9.80 Å². The normalized spacial score (nSPS) is 20.1. The molecule has 75 heavy (non-hydrogen) atoms. The minimum absolute atomic E-state index is 0.181. The van der Waals surface area contributed by atoms with Gasteiger partial charge in [-0.15, -0.1) is 0 Å². The fraction of sp³-hybridized carbons (Fsp3) is 0.323. The van der Waals surface area contributed by atoms with Crippen molar-refractivity contribution in [3.8, 4) is 46.6 Å². The van der Waals surface area contributed by atoms with E-state index < -0.39 is 35.3 Å². The molecular weight excluding hydrogens is 970 g/mol. The van der Waals surface area contributed by atoms with Crippen LogP contribution in [0, 0.1) is 46.1 Å². The standard InChI is InChI=1S/C31H30ClFN2O3.C31H31FN2O3/c1-18-12-13-35(16-18)19(2)17-37-24-7-4-21(5-8-24)31-28(25-9-6-23(32)14-22(25)15-34)20(3)29-27(38-31)11-10-26(36)30(29)33;1-19-14-15-34(17-19)20(2)18-36-25-10-8-24(9-11-25)31-28(23-6-4-22(16-33)5-7-23)21(3)29-27(37-31)13-12-26(35)30(29)32/h4-11,14,18-19,31,36H,12-13,16-17H2,1-3H3;4-13,19-20,31,35H,14-15,17-18H2,1-3H3. The Kier molecular flexibility index (Phi) is 15.8. The molecule has 2 saturated heterocycles. The van der Waals surface area contributed by atoms with Gasteiger partial charge in [-0.05, 0) is 172 Å². The molecule has 4 aliphatic rings. The van der Waals surface area contributed by atoms with Crippen LogP contribution >= 0.6 is 11.6 Å². The topological polar surface area (TPSA) is 131 Å². The Morgan fingerprint density at radius 3 is 1.55 bits per heavy atom. The lowest BCUT2D eigenvalue weighted by atomic mass is 9.84. The van der Waals surface area contributed by atoms with Crippen molar-refractivity contribution >= 4 is 33.9 Å². The minimum atomic E-state index is -0.756. The van der Waals surface area contributed by atoms with Gasteiger partial charge in [-0.1, -0.05) is 67.9 Å². The molecule has 6 aromatic rings. The van der Waals surface area contributed by atoms with Crippen molar-refractivity contribution in [2.75, 3.05) is 39.4 Å². The predicted molar refractivity (Wildman–Crippen MR) is 289 cm³/mol. The number of rotatable bonds is 12. The second-order valence-corrected chi connectivity index (χ2v) is 20.8. The number of nitriles is 2. The van der Waals surface area contributed by atoms with E-state index in [1.807, 2.05) is 67.6 Å². The van der Waals surface area contributed by atoms with Crippen molar-refractivity contribution in [3.63, 3.8) is 0 Å². The van der Waals surface area contributed by atoms with Crippen LogP contribution in [-0.4, -0.2) is 71.5 Å². The highest BCUT2D eigenvalue weighted by Crippen LogP contribution is 2.51. The maximum Gasteiger partial charge on any atom is 0.176 e. The molecule has 6 aromatic carbocycles. The number of hydrogen-bond donors (Lipinski definition) is 2. The molecular formula is C62H61ClF2N4O6. The van der Waals surface area contributed by atoms with Crippen LogP contribution in [0.4, 0.5) is 8.78 Å². The fourth-order valence-electron chi connectivity index (χ4n) is 10.6. The Morgan fingerprint density at radius 2 is 1.11 bits per heavy atom. The van der Waals surface area contributed by atoms with Crippen LogP contribution in [0.2, 0.25) is 5.02 Å². The van der Waals surface area contributed by atoms with E-state index in [2.05, 4.69) is 49.6 Å². The number of nitrogens with zero attached hydrogens (tertiary/aromatic N) is 4. The van der Waals surface area contributed by atoms with E-state index in [0.717, 1.165) is 71.8 Å². The van der Waals surface area contributed by atoms with Gasteiger partial charge in [0.05, 0.1) is 34.4 Å². The minimum Gasteiger partial charge on any atom is -0.505 e. The summed E-state index contributed by atoms with van der Waals surface area (Å²) < 4.78 is 54.9. The molecule has 0 aromatic heterocycles. The van der Waals surface area contributed by atoms with Crippen LogP contribution < -0.4 is 18.9 Å². The third kappa shape index (κ3) is 11.2. The van der Waals surface area contributed by atoms with Crippen LogP contribution in [0.1, 0.15) is 111 Å². The number of phenolic OH excluding ortho intramolecular Hbond substituents is 2. The number of ether oxygens (including phenoxy) is 4. The van der Waals surface area contributed by atoms with Crippen LogP contribution in [0.3, 0.4) is 0 Å². The van der Waals surface area contributed by atoms with Gasteiger partial charge in [-0.2, -0.15) is 10.5 Å². The van der Waals surface area contributed by atoms with Crippen molar-refractivity contribution in [3.05, 3.63) is 176 Å². The second-order valence-electron chi connectivity index (χ2n) is 20.3. The lowest BCUT2D eigenvalue weighted by Crippen LogP contribution is -2.35. The first-order valence-corrected chi connectivity index (χ1v) is 25.9. The van der Waals surface area contributed by atoms with Gasteiger partial charge in [-0.25, -0.2) is 8.78 Å². The van der Waals surface area contributed by atoms with E-state index in [1.165, 1.54) is 25.0 Å². The molecule has 0 spiro atoms. The molecule has 0 aliphatic carbocycles. The van der Waals surface area contributed by atoms with Crippen LogP contribution in [0.5, 0.6) is 34.5 Å². The average molecular weight is 1030 g/mol. The number of phenols is 2. The van der Waals surface area contributed by atoms with E-state index >= 15 is 4.39 Å². The molecule has 0 bridgehead atoms. The smallest absolute Gasteiger partial charge is 0.176 e. The molecule has 2 N–H and O–H groups in total. The molecule has 13 heteroatoms. The summed E-state index contributed by atoms with van der Waals surface area (Å²) in [6.45, 7) is 18.2. The Morgan fingerprint density at radius 1 is 0.640 bits per heavy atom. The summed E-state index contributed by atoms with van der Waals surface area (Å²) in [6, 6.07) is 38.5. The zero-order valence-corrected chi connectivity index (χ0v) is 43.8. The zero-order chi connectivity index (χ0) is 53.1. The summed E-state index contributed by atoms with van der Waals surface area (Å²) in [5.74, 6) is 1.38. The van der Waals surface area contributed by atoms with Crippen LogP contribution in [0.15, 0.2) is 115 Å². The maximum atomic E-state index is 15.1. The van der Waals surface area contributed by atoms with Gasteiger partial charge in [0.1, 0.15) is 48.4 Å². The molecule has 4 heterocycles. The molecule has 6 atom stereocenters. The number of hydrogen-bond acceptors (Lipinski definition) is 10. The third-order valence-corrected chi connectivity index (χ3v) is 15.2. The number of likely N-dealkylation sites (tertiary alicyclic amines) is 2. The number of allylic oxidation sites excluding steroid dienone is 2. The maximum absolute atomic E-state index is 15.1. The number of benzene rings is 6. The number of halogens is 3. The Balaban J connectivity index is 0.000000184. The molecule has 2 fully saturated rings. The van der Waals surface area contributed by atoms with Crippen molar-refractivity contribution in [1.29, 1.82) is 10.5 Å². The monoisotopic (exact) mass is 1030 g/mol. The van der Waals surface area contributed by atoms with E-state index in [0.29, 0.717) is 75.2 Å². The Labute approximate surface area is 443 Å². The first-order chi connectivity index (χ1) is 36.1. The van der Waals surface area contributed by atoms with Gasteiger partial charge in [-0.3, -0.25) is 9.80 Å². The van der Waals surface area contributed by atoms with Gasteiger partial charge in [0.2, 0.25) is 0 Å². The van der Waals surface area contributed by atoms with Crippen LogP contribution in [0.25, 0.3) is 22.3 Å². The lowest BCUT2D eigenvalue weighted by Gasteiger charge is -2.32. The molecule has 0 radical (unpaired) electrons. The van der Waals surface area contributed by atoms with E-state index in [9.17, 15) is 25.1 Å². The SMILES string of the molecule is CC1=C(c2ccc(C#N)cc2)C(c2ccc(OCC(C)N3CCC(C)C3)cc2)Oc2ccc(O)c(F)c21.CC1=C(c2ccc(Cl)cc2C#N)C(c2ccc(OCC(C)N3CCC(C)C3)cc2)Oc2ccc(O)c(F)c21. The summed E-state index contributed by atoms with van der Waals surface area (Å²) in [4.78, 5) is 4.93. The second kappa shape index (κ2) is 22.6. The molecule has 4 aliphatic heterocycles. The van der Waals surface area contributed by atoms with Gasteiger partial charge in [0.25, 0.3) is 0 Å². The molecule has 10 nitrogen and oxygen atoms in total. The third-order valence-electron chi connectivity index (χ3n) is 15.0. The zero-order valence-electron chi connectivity index (χ0n) is 43.0. The van der Waals surface area contributed by atoms with E-state index in [-0.39, 0.29) is 11.1 Å². The molecule has 0 saturated carbocycles. The Bertz CT molecular complexity index is 3220. The lowest BCUT2D eigenvalue weighted by molar-refractivity contribution is 0.169. The first kappa shape index (κ1) is 52.5. The summed E-state index contributed by atoms with van der Waals surface area (Å²) in [5.41, 5.74) is 7.15. The van der Waals surface area contributed by atoms with Crippen molar-refractivity contribution < 1.29 is 37.9 Å². The van der Waals surface area contributed by atoms with Gasteiger partial charge >= 0.3 is 0 Å². The summed E-state index contributed by atoms with van der Waals surface area (Å²) in [6.07, 6.45) is 1.35. The predicted octanol–water partition coefficient (Wildman–Crippen LogP) is 13.8. The highest BCUT2D eigenvalue weighted by molar-refractivity contribution is 6.30. The summed E-state index contributed by atoms with van der Waals surface area (Å²) in [7, 11) is 0. The highest BCUT2D eigenvalue weighted by Gasteiger charge is 2.35. The van der Waals surface area contributed by atoms with E-state index in [4.69, 9.17) is 30.5 Å². The number of aromatic hydroxyl groups is 2. The van der Waals surface area contributed by atoms with Gasteiger partial charge in [0, 0.05) is 41.3 Å². The fourth-order valence-corrected chi connectivity index (χ4v) is 10.8. The van der Waals surface area contributed by atoms with Gasteiger partial charge < -0.3 is 29.2 Å². The average Bonchev–Trinajstić information content (AvgIpc) is 4.08. The quantitative estimate of drug-likeness (QED) is 0.122. The highest BCUT2D eigenvalue weighted by atomic mass is 35.5. The molecule has 10 rings (SSSR count). The Hall–Kier alpha value is -7.35. The van der Waals surface area contributed by atoms with Crippen molar-refractivity contribution in [2.24, 2.45) is 11.8 Å². The molecule has 386 valence electrons. The molecule has 6 unspecified atom stereocenters. The van der Waals surface area contributed by atoms with Gasteiger partial charge in [0.15, 0.2) is 23.1 Å². The largest absolute Gasteiger partial charge is 0.505 e. The summed E-state index contributed by atoms with van der Waals surface area (Å²) in [5, 5.41) is 39.5. The summed E-state index contributed by atoms with van der Waals surface area (Å²) >= 11 is 6.16. The van der Waals surface area contributed by atoms with E-state index in [1.54, 1.807) is 49.4 Å². The van der Waals surface area contributed by atoms with Crippen molar-refractivity contribution in [2.45, 2.75) is 78.7 Å². The van der Waals surface area contributed by atoms with Crippen LogP contribution in [-0.2, 0) is 0 Å².